The molecule has 1 atom stereocenters. The molecule has 0 radical (unpaired) electrons. The minimum Gasteiger partial charge on any atom is -0.463 e. The monoisotopic (exact) mass is 143 g/mol. The molecule has 4 nitrogen and oxygen atoms in total. The molecule has 0 amide bonds. The zero-order chi connectivity index (χ0) is 7.40. The van der Waals surface area contributed by atoms with Gasteiger partial charge in [0.1, 0.15) is 12.6 Å². The van der Waals surface area contributed by atoms with Crippen molar-refractivity contribution in [2.45, 2.75) is 13.0 Å². The highest BCUT2D eigenvalue weighted by Gasteiger charge is 2.14. The fraction of sp³-hybridized carbons (Fsp3) is 0.833. The van der Waals surface area contributed by atoms with Gasteiger partial charge in [-0.2, -0.15) is 0 Å². The molecule has 0 aromatic carbocycles. The van der Waals surface area contributed by atoms with E-state index in [1.54, 1.807) is 0 Å². The van der Waals surface area contributed by atoms with Gasteiger partial charge in [0.05, 0.1) is 0 Å². The van der Waals surface area contributed by atoms with Crippen molar-refractivity contribution in [3.63, 3.8) is 0 Å². The third kappa shape index (κ3) is 1.88. The van der Waals surface area contributed by atoms with E-state index in [1.807, 2.05) is 0 Å². The molecule has 4 heteroatoms. The maximum atomic E-state index is 5.30. The number of nitrogens with zero attached hydrogens (tertiary/aromatic N) is 1. The van der Waals surface area contributed by atoms with Crippen molar-refractivity contribution in [2.75, 3.05) is 19.7 Å². The highest BCUT2D eigenvalue weighted by Crippen LogP contribution is 1.99. The number of aliphatic imine (C=N–C) groups is 1. The van der Waals surface area contributed by atoms with Gasteiger partial charge in [0.15, 0.2) is 0 Å². The summed E-state index contributed by atoms with van der Waals surface area (Å²) in [5.41, 5.74) is 5.30. The van der Waals surface area contributed by atoms with Crippen LogP contribution in [0.2, 0.25) is 0 Å². The summed E-state index contributed by atoms with van der Waals surface area (Å²) >= 11 is 0. The van der Waals surface area contributed by atoms with E-state index in [4.69, 9.17) is 10.5 Å². The van der Waals surface area contributed by atoms with E-state index in [-0.39, 0.29) is 6.04 Å². The van der Waals surface area contributed by atoms with Crippen LogP contribution in [-0.4, -0.2) is 31.8 Å². The van der Waals surface area contributed by atoms with Crippen LogP contribution in [0.3, 0.4) is 0 Å². The quantitative estimate of drug-likeness (QED) is 0.549. The van der Waals surface area contributed by atoms with Gasteiger partial charge in [-0.25, -0.2) is 4.99 Å². The Morgan fingerprint density at radius 2 is 2.70 bits per heavy atom. The Hall–Kier alpha value is -0.770. The lowest BCUT2D eigenvalue weighted by Gasteiger charge is -2.03. The molecule has 3 N–H and O–H groups in total. The average molecular weight is 143 g/mol. The van der Waals surface area contributed by atoms with Crippen LogP contribution in [0, 0.1) is 0 Å². The highest BCUT2D eigenvalue weighted by molar-refractivity contribution is 5.73. The van der Waals surface area contributed by atoms with Gasteiger partial charge in [-0.15, -0.1) is 0 Å². The van der Waals surface area contributed by atoms with E-state index < -0.39 is 0 Å². The van der Waals surface area contributed by atoms with Crippen LogP contribution in [0.15, 0.2) is 4.99 Å². The number of nitrogens with two attached hydrogens (primary N) is 1. The molecule has 0 spiro atoms. The van der Waals surface area contributed by atoms with E-state index in [2.05, 4.69) is 17.2 Å². The first-order valence-corrected chi connectivity index (χ1v) is 3.49. The van der Waals surface area contributed by atoms with Crippen LogP contribution in [0.1, 0.15) is 6.92 Å². The number of amidine groups is 1. The van der Waals surface area contributed by atoms with Gasteiger partial charge >= 0.3 is 0 Å². The van der Waals surface area contributed by atoms with E-state index in [9.17, 15) is 0 Å². The maximum Gasteiger partial charge on any atom is 0.282 e. The van der Waals surface area contributed by atoms with Crippen LogP contribution in [0.4, 0.5) is 0 Å². The van der Waals surface area contributed by atoms with Crippen LogP contribution >= 0.6 is 0 Å². The maximum absolute atomic E-state index is 5.30. The van der Waals surface area contributed by atoms with Crippen molar-refractivity contribution in [3.8, 4) is 0 Å². The van der Waals surface area contributed by atoms with Crippen molar-refractivity contribution >= 4 is 6.02 Å². The summed E-state index contributed by atoms with van der Waals surface area (Å²) in [6, 6.07) is 0.544. The molecular formula is C6H13N3O. The molecule has 1 aliphatic heterocycles. The Labute approximate surface area is 60.5 Å². The summed E-state index contributed by atoms with van der Waals surface area (Å²) in [6.45, 7) is 4.50. The van der Waals surface area contributed by atoms with Gasteiger partial charge in [0.25, 0.3) is 6.02 Å². The number of rotatable bonds is 3. The Balaban J connectivity index is 2.18. The Kier molecular flexibility index (Phi) is 2.50. The fourth-order valence-electron chi connectivity index (χ4n) is 0.852. The van der Waals surface area contributed by atoms with Gasteiger partial charge in [-0.1, -0.05) is 6.92 Å². The molecule has 58 valence electrons. The predicted octanol–water partition coefficient (Wildman–Crippen LogP) is -0.691. The highest BCUT2D eigenvalue weighted by atomic mass is 16.5. The molecule has 10 heavy (non-hydrogen) atoms. The van der Waals surface area contributed by atoms with Gasteiger partial charge < -0.3 is 15.8 Å². The van der Waals surface area contributed by atoms with Crippen molar-refractivity contribution < 1.29 is 4.74 Å². The van der Waals surface area contributed by atoms with Crippen LogP contribution in [0.5, 0.6) is 0 Å². The van der Waals surface area contributed by atoms with Crippen molar-refractivity contribution in [3.05, 3.63) is 0 Å². The summed E-state index contributed by atoms with van der Waals surface area (Å²) in [4.78, 5) is 4.04. The summed E-state index contributed by atoms with van der Waals surface area (Å²) in [5, 5.41) is 3.17. The van der Waals surface area contributed by atoms with Gasteiger partial charge in [-0.05, 0) is 6.54 Å². The Morgan fingerprint density at radius 3 is 3.20 bits per heavy atom. The lowest BCUT2D eigenvalue weighted by Crippen LogP contribution is -2.26. The molecule has 1 aliphatic rings. The minimum absolute atomic E-state index is 0.222. The second kappa shape index (κ2) is 3.41. The normalized spacial score (nSPS) is 24.1. The zero-order valence-corrected chi connectivity index (χ0v) is 6.13. The van der Waals surface area contributed by atoms with Gasteiger partial charge in [0, 0.05) is 6.54 Å². The fourth-order valence-corrected chi connectivity index (χ4v) is 0.852. The average Bonchev–Trinajstić information content (AvgIpc) is 2.31. The molecule has 1 heterocycles. The van der Waals surface area contributed by atoms with E-state index in [1.165, 1.54) is 0 Å². The molecule has 0 aromatic heterocycles. The molecule has 0 aliphatic carbocycles. The van der Waals surface area contributed by atoms with Crippen LogP contribution in [0.25, 0.3) is 0 Å². The minimum atomic E-state index is 0.222. The standard InChI is InChI=1S/C6H13N3O/c1-2-8-3-5-4-10-6(7)9-5/h5,8H,2-4H2,1H3,(H2,7,9)/t5-/m0/s1. The van der Waals surface area contributed by atoms with Crippen molar-refractivity contribution in [2.24, 2.45) is 10.7 Å². The predicted molar refractivity (Wildman–Crippen MR) is 39.9 cm³/mol. The van der Waals surface area contributed by atoms with E-state index in [0.717, 1.165) is 13.1 Å². The number of nitrogens with one attached hydrogen (secondary N) is 1. The first-order valence-electron chi connectivity index (χ1n) is 3.49. The molecular weight excluding hydrogens is 130 g/mol. The third-order valence-electron chi connectivity index (χ3n) is 1.36. The van der Waals surface area contributed by atoms with Gasteiger partial charge in [-0.3, -0.25) is 0 Å². The lowest BCUT2D eigenvalue weighted by molar-refractivity contribution is 0.310. The third-order valence-corrected chi connectivity index (χ3v) is 1.36. The Bertz CT molecular complexity index is 135. The second-order valence-electron chi connectivity index (χ2n) is 2.24. The largest absolute Gasteiger partial charge is 0.463 e. The smallest absolute Gasteiger partial charge is 0.282 e. The number of ether oxygens (including phenoxy) is 1. The first kappa shape index (κ1) is 7.34. The molecule has 0 saturated carbocycles. The number of hydrogen-bond donors (Lipinski definition) is 2. The number of hydrogen-bond acceptors (Lipinski definition) is 4. The SMILES string of the molecule is CCNC[C@H]1COC(N)=N1. The van der Waals surface area contributed by atoms with E-state index >= 15 is 0 Å². The number of likely N-dealkylation sites (N-methyl/N-ethyl adjacent to an activating group) is 1. The molecule has 0 saturated heterocycles. The van der Waals surface area contributed by atoms with E-state index in [0.29, 0.717) is 12.6 Å². The topological polar surface area (TPSA) is 59.6 Å². The molecule has 0 aromatic rings. The first-order chi connectivity index (χ1) is 4.83. The zero-order valence-electron chi connectivity index (χ0n) is 6.13. The van der Waals surface area contributed by atoms with Crippen LogP contribution < -0.4 is 11.1 Å². The van der Waals surface area contributed by atoms with Gasteiger partial charge in [0.2, 0.25) is 0 Å². The summed E-state index contributed by atoms with van der Waals surface area (Å²) in [6.07, 6.45) is 0. The molecule has 0 unspecified atom stereocenters. The summed E-state index contributed by atoms with van der Waals surface area (Å²) in [7, 11) is 0. The Morgan fingerprint density at radius 1 is 1.90 bits per heavy atom. The summed E-state index contributed by atoms with van der Waals surface area (Å²) in [5.74, 6) is 0. The van der Waals surface area contributed by atoms with Crippen LogP contribution in [-0.2, 0) is 4.74 Å². The molecule has 1 rings (SSSR count). The molecule has 0 bridgehead atoms. The molecule has 0 fully saturated rings. The lowest BCUT2D eigenvalue weighted by atomic mass is 10.3. The van der Waals surface area contributed by atoms with Crippen molar-refractivity contribution in [1.82, 2.24) is 5.32 Å². The van der Waals surface area contributed by atoms with Crippen molar-refractivity contribution in [1.29, 1.82) is 0 Å². The summed E-state index contributed by atoms with van der Waals surface area (Å²) < 4.78 is 4.95. The second-order valence-corrected chi connectivity index (χ2v) is 2.24.